The van der Waals surface area contributed by atoms with Gasteiger partial charge in [0.25, 0.3) is 0 Å². The lowest BCUT2D eigenvalue weighted by molar-refractivity contribution is -0.131. The van der Waals surface area contributed by atoms with Gasteiger partial charge in [-0.25, -0.2) is 4.39 Å². The second kappa shape index (κ2) is 6.71. The standard InChI is InChI=1S/C17H21FN2O/c1-12(2)13-4-6-17(21)20(8-7-13)11-15-9-16(18)5-3-14(15)10-19/h3,5,9,12-13H,4,6-8,11H2,1-2H3. The first-order valence-corrected chi connectivity index (χ1v) is 7.47. The van der Waals surface area contributed by atoms with E-state index in [4.69, 9.17) is 5.26 Å². The van der Waals surface area contributed by atoms with Gasteiger partial charge in [-0.3, -0.25) is 4.79 Å². The fraction of sp³-hybridized carbons (Fsp3) is 0.529. The summed E-state index contributed by atoms with van der Waals surface area (Å²) in [5.74, 6) is 0.862. The number of rotatable bonds is 3. The highest BCUT2D eigenvalue weighted by Crippen LogP contribution is 2.26. The highest BCUT2D eigenvalue weighted by molar-refractivity contribution is 5.76. The van der Waals surface area contributed by atoms with E-state index in [1.54, 1.807) is 4.90 Å². The molecular weight excluding hydrogens is 267 g/mol. The number of nitriles is 1. The predicted molar refractivity (Wildman–Crippen MR) is 78.7 cm³/mol. The van der Waals surface area contributed by atoms with Gasteiger partial charge in [0, 0.05) is 19.5 Å². The molecule has 0 spiro atoms. The van der Waals surface area contributed by atoms with Gasteiger partial charge >= 0.3 is 0 Å². The summed E-state index contributed by atoms with van der Waals surface area (Å²) in [7, 11) is 0. The molecule has 3 nitrogen and oxygen atoms in total. The first kappa shape index (κ1) is 15.5. The third kappa shape index (κ3) is 3.81. The Morgan fingerprint density at radius 3 is 2.86 bits per heavy atom. The minimum Gasteiger partial charge on any atom is -0.338 e. The molecule has 112 valence electrons. The summed E-state index contributed by atoms with van der Waals surface area (Å²) >= 11 is 0. The van der Waals surface area contributed by atoms with E-state index in [0.717, 1.165) is 12.8 Å². The lowest BCUT2D eigenvalue weighted by Crippen LogP contribution is -2.30. The zero-order chi connectivity index (χ0) is 15.4. The highest BCUT2D eigenvalue weighted by Gasteiger charge is 2.24. The molecule has 1 saturated heterocycles. The predicted octanol–water partition coefficient (Wildman–Crippen LogP) is 3.48. The molecule has 1 aliphatic heterocycles. The van der Waals surface area contributed by atoms with Crippen LogP contribution in [0.3, 0.4) is 0 Å². The average molecular weight is 288 g/mol. The zero-order valence-electron chi connectivity index (χ0n) is 12.6. The summed E-state index contributed by atoms with van der Waals surface area (Å²) in [6.45, 7) is 5.38. The van der Waals surface area contributed by atoms with Crippen LogP contribution in [0.2, 0.25) is 0 Å². The maximum absolute atomic E-state index is 13.4. The van der Waals surface area contributed by atoms with Gasteiger partial charge in [0.05, 0.1) is 11.6 Å². The van der Waals surface area contributed by atoms with Crippen molar-refractivity contribution in [1.82, 2.24) is 4.90 Å². The van der Waals surface area contributed by atoms with Gasteiger partial charge < -0.3 is 4.90 Å². The Bertz CT molecular complexity index is 562. The second-order valence-corrected chi connectivity index (χ2v) is 6.06. The minimum absolute atomic E-state index is 0.103. The number of halogens is 1. The van der Waals surface area contributed by atoms with Crippen LogP contribution in [-0.4, -0.2) is 17.4 Å². The number of nitrogens with zero attached hydrogens (tertiary/aromatic N) is 2. The molecule has 0 bridgehead atoms. The number of carbonyl (C=O) groups excluding carboxylic acids is 1. The SMILES string of the molecule is CC(C)C1CCC(=O)N(Cc2cc(F)ccc2C#N)CC1. The maximum atomic E-state index is 13.4. The average Bonchev–Trinajstić information content (AvgIpc) is 2.62. The number of likely N-dealkylation sites (tertiary alicyclic amines) is 1. The molecule has 1 heterocycles. The Morgan fingerprint density at radius 2 is 2.19 bits per heavy atom. The number of carbonyl (C=O) groups is 1. The van der Waals surface area contributed by atoms with Crippen LogP contribution < -0.4 is 0 Å². The molecule has 0 N–H and O–H groups in total. The van der Waals surface area contributed by atoms with E-state index in [0.29, 0.717) is 42.5 Å². The molecule has 1 aromatic carbocycles. The van der Waals surface area contributed by atoms with Gasteiger partial charge in [-0.05, 0) is 48.4 Å². The Labute approximate surface area is 125 Å². The minimum atomic E-state index is -0.369. The van der Waals surface area contributed by atoms with E-state index >= 15 is 0 Å². The van der Waals surface area contributed by atoms with Crippen LogP contribution in [0.1, 0.15) is 44.2 Å². The molecule has 1 atom stereocenters. The Morgan fingerprint density at radius 1 is 1.43 bits per heavy atom. The fourth-order valence-corrected chi connectivity index (χ4v) is 2.90. The topological polar surface area (TPSA) is 44.1 Å². The lowest BCUT2D eigenvalue weighted by atomic mass is 9.89. The summed E-state index contributed by atoms with van der Waals surface area (Å²) in [5, 5.41) is 9.10. The molecule has 1 aromatic rings. The van der Waals surface area contributed by atoms with Crippen LogP contribution in [-0.2, 0) is 11.3 Å². The Balaban J connectivity index is 2.14. The van der Waals surface area contributed by atoms with Crippen LogP contribution in [0.25, 0.3) is 0 Å². The molecule has 0 aromatic heterocycles. The first-order chi connectivity index (χ1) is 10.0. The molecular formula is C17H21FN2O. The normalized spacial score (nSPS) is 19.5. The van der Waals surface area contributed by atoms with Crippen molar-refractivity contribution < 1.29 is 9.18 Å². The van der Waals surface area contributed by atoms with Crippen molar-refractivity contribution in [3.8, 4) is 6.07 Å². The van der Waals surface area contributed by atoms with Crippen LogP contribution in [0, 0.1) is 29.0 Å². The van der Waals surface area contributed by atoms with Crippen molar-refractivity contribution in [2.24, 2.45) is 11.8 Å². The van der Waals surface area contributed by atoms with E-state index in [1.165, 1.54) is 18.2 Å². The molecule has 1 unspecified atom stereocenters. The van der Waals surface area contributed by atoms with Crippen molar-refractivity contribution in [1.29, 1.82) is 5.26 Å². The van der Waals surface area contributed by atoms with Gasteiger partial charge in [-0.15, -0.1) is 0 Å². The van der Waals surface area contributed by atoms with Crippen molar-refractivity contribution in [2.75, 3.05) is 6.54 Å². The van der Waals surface area contributed by atoms with Crippen molar-refractivity contribution >= 4 is 5.91 Å². The summed E-state index contributed by atoms with van der Waals surface area (Å²) in [5.41, 5.74) is 1.03. The third-order valence-corrected chi connectivity index (χ3v) is 4.34. The van der Waals surface area contributed by atoms with Crippen molar-refractivity contribution in [2.45, 2.75) is 39.7 Å². The number of amides is 1. The number of hydrogen-bond acceptors (Lipinski definition) is 2. The van der Waals surface area contributed by atoms with Gasteiger partial charge in [0.1, 0.15) is 5.82 Å². The van der Waals surface area contributed by atoms with E-state index in [1.807, 2.05) is 0 Å². The van der Waals surface area contributed by atoms with Gasteiger partial charge in [0.2, 0.25) is 5.91 Å². The first-order valence-electron chi connectivity index (χ1n) is 7.47. The molecule has 21 heavy (non-hydrogen) atoms. The molecule has 4 heteroatoms. The molecule has 0 aliphatic carbocycles. The Kier molecular flexibility index (Phi) is 4.95. The molecule has 1 fully saturated rings. The molecule has 0 saturated carbocycles. The lowest BCUT2D eigenvalue weighted by Gasteiger charge is -2.22. The second-order valence-electron chi connectivity index (χ2n) is 6.06. The largest absolute Gasteiger partial charge is 0.338 e. The number of benzene rings is 1. The summed E-state index contributed by atoms with van der Waals surface area (Å²) < 4.78 is 13.4. The summed E-state index contributed by atoms with van der Waals surface area (Å²) in [6.07, 6.45) is 2.43. The molecule has 1 amide bonds. The highest BCUT2D eigenvalue weighted by atomic mass is 19.1. The Hall–Kier alpha value is -1.89. The van der Waals surface area contributed by atoms with Crippen molar-refractivity contribution in [3.05, 3.63) is 35.1 Å². The van der Waals surface area contributed by atoms with Crippen LogP contribution >= 0.6 is 0 Å². The van der Waals surface area contributed by atoms with Crippen LogP contribution in [0.15, 0.2) is 18.2 Å². The van der Waals surface area contributed by atoms with E-state index in [9.17, 15) is 9.18 Å². The van der Waals surface area contributed by atoms with Gasteiger partial charge in [-0.2, -0.15) is 5.26 Å². The number of hydrogen-bond donors (Lipinski definition) is 0. The van der Waals surface area contributed by atoms with Crippen LogP contribution in [0.4, 0.5) is 4.39 Å². The molecule has 2 rings (SSSR count). The summed E-state index contributed by atoms with van der Waals surface area (Å²) in [4.78, 5) is 14.0. The van der Waals surface area contributed by atoms with Crippen LogP contribution in [0.5, 0.6) is 0 Å². The quantitative estimate of drug-likeness (QED) is 0.854. The smallest absolute Gasteiger partial charge is 0.222 e. The fourth-order valence-electron chi connectivity index (χ4n) is 2.90. The van der Waals surface area contributed by atoms with E-state index < -0.39 is 0 Å². The van der Waals surface area contributed by atoms with Gasteiger partial charge in [-0.1, -0.05) is 13.8 Å². The zero-order valence-corrected chi connectivity index (χ0v) is 12.6. The van der Waals surface area contributed by atoms with Crippen molar-refractivity contribution in [3.63, 3.8) is 0 Å². The molecule has 0 radical (unpaired) electrons. The van der Waals surface area contributed by atoms with Gasteiger partial charge in [0.15, 0.2) is 0 Å². The van der Waals surface area contributed by atoms with E-state index in [-0.39, 0.29) is 11.7 Å². The maximum Gasteiger partial charge on any atom is 0.222 e. The third-order valence-electron chi connectivity index (χ3n) is 4.34. The summed E-state index contributed by atoms with van der Waals surface area (Å²) in [6, 6.07) is 6.18. The molecule has 1 aliphatic rings. The monoisotopic (exact) mass is 288 g/mol. The van der Waals surface area contributed by atoms with E-state index in [2.05, 4.69) is 19.9 Å².